The molecule has 0 aliphatic heterocycles. The zero-order valence-corrected chi connectivity index (χ0v) is 17.0. The maximum absolute atomic E-state index is 12.2. The first-order chi connectivity index (χ1) is 13.4. The topological polar surface area (TPSA) is 120 Å². The number of nitrogens with zero attached hydrogens (tertiary/aromatic N) is 2. The van der Waals surface area contributed by atoms with Gasteiger partial charge in [-0.25, -0.2) is 9.78 Å². The summed E-state index contributed by atoms with van der Waals surface area (Å²) in [6.45, 7) is 3.91. The van der Waals surface area contributed by atoms with Crippen molar-refractivity contribution in [3.8, 4) is 0 Å². The third-order valence-electron chi connectivity index (χ3n) is 5.26. The third-order valence-corrected chi connectivity index (χ3v) is 6.23. The van der Waals surface area contributed by atoms with Gasteiger partial charge in [0.1, 0.15) is 5.01 Å². The van der Waals surface area contributed by atoms with Gasteiger partial charge in [0.05, 0.1) is 6.42 Å². The molecule has 0 aromatic carbocycles. The number of carbonyl (C=O) groups excluding carboxylic acids is 1. The molecule has 9 heteroatoms. The van der Waals surface area contributed by atoms with Crippen LogP contribution in [0.1, 0.15) is 61.3 Å². The summed E-state index contributed by atoms with van der Waals surface area (Å²) in [5, 5.41) is 24.4. The first-order valence-corrected chi connectivity index (χ1v) is 10.6. The van der Waals surface area contributed by atoms with Crippen LogP contribution in [0.3, 0.4) is 0 Å². The molecular weight excluding hydrogens is 378 g/mol. The lowest BCUT2D eigenvalue weighted by Crippen LogP contribution is -2.34. The van der Waals surface area contributed by atoms with Crippen LogP contribution in [0.2, 0.25) is 0 Å². The van der Waals surface area contributed by atoms with Gasteiger partial charge in [-0.1, -0.05) is 6.92 Å². The smallest absolute Gasteiger partial charge is 0.404 e. The summed E-state index contributed by atoms with van der Waals surface area (Å²) >= 11 is 1.48. The molecule has 2 aromatic rings. The van der Waals surface area contributed by atoms with Gasteiger partial charge in [-0.2, -0.15) is 5.10 Å². The highest BCUT2D eigenvalue weighted by atomic mass is 32.1. The molecule has 1 aliphatic rings. The zero-order valence-electron chi connectivity index (χ0n) is 16.2. The van der Waals surface area contributed by atoms with Crippen molar-refractivity contribution in [2.75, 3.05) is 5.32 Å². The number of rotatable bonds is 8. The van der Waals surface area contributed by atoms with E-state index in [1.807, 2.05) is 25.3 Å². The SMILES string of the molecule is CCC(CC1CCC(c2cc(NC(=O)Cc3nc(C)cs3)n[nH]2)C1)NC(=O)O. The normalized spacial score (nSPS) is 20.1. The summed E-state index contributed by atoms with van der Waals surface area (Å²) < 4.78 is 0. The largest absolute Gasteiger partial charge is 0.465 e. The number of aromatic nitrogens is 3. The maximum Gasteiger partial charge on any atom is 0.404 e. The van der Waals surface area contributed by atoms with Crippen LogP contribution in [0, 0.1) is 12.8 Å². The molecule has 0 radical (unpaired) electrons. The number of thiazole rings is 1. The Hall–Kier alpha value is -2.42. The van der Waals surface area contributed by atoms with Crippen molar-refractivity contribution < 1.29 is 14.7 Å². The van der Waals surface area contributed by atoms with E-state index in [4.69, 9.17) is 5.11 Å². The standard InChI is InChI=1S/C19H27N5O3S/c1-3-14(21-19(26)27)7-12-4-5-13(6-12)15-8-16(24-23-15)22-17(25)9-18-20-11(2)10-28-18/h8,10,12-14,21H,3-7,9H2,1-2H3,(H,26,27)(H2,22,23,24,25). The monoisotopic (exact) mass is 405 g/mol. The van der Waals surface area contributed by atoms with E-state index in [-0.39, 0.29) is 18.4 Å². The van der Waals surface area contributed by atoms with Crippen molar-refractivity contribution in [3.63, 3.8) is 0 Å². The molecule has 1 fully saturated rings. The lowest BCUT2D eigenvalue weighted by atomic mass is 9.95. The number of hydrogen-bond donors (Lipinski definition) is 4. The molecular formula is C19H27N5O3S. The molecule has 4 N–H and O–H groups in total. The first kappa shape index (κ1) is 20.3. The Balaban J connectivity index is 1.50. The Kier molecular flexibility index (Phi) is 6.66. The minimum atomic E-state index is -0.955. The third kappa shape index (κ3) is 5.54. The van der Waals surface area contributed by atoms with E-state index >= 15 is 0 Å². The second-order valence-corrected chi connectivity index (χ2v) is 8.43. The molecule has 1 aliphatic carbocycles. The number of aromatic amines is 1. The van der Waals surface area contributed by atoms with Gasteiger partial charge in [-0.05, 0) is 44.9 Å². The van der Waals surface area contributed by atoms with Crippen molar-refractivity contribution in [1.82, 2.24) is 20.5 Å². The Morgan fingerprint density at radius 1 is 1.43 bits per heavy atom. The second-order valence-electron chi connectivity index (χ2n) is 7.48. The molecule has 2 amide bonds. The number of hydrogen-bond acceptors (Lipinski definition) is 5. The summed E-state index contributed by atoms with van der Waals surface area (Å²) in [5.41, 5.74) is 1.96. The fourth-order valence-corrected chi connectivity index (χ4v) is 4.66. The van der Waals surface area contributed by atoms with Crippen molar-refractivity contribution in [3.05, 3.63) is 27.8 Å². The second kappa shape index (κ2) is 9.18. The van der Waals surface area contributed by atoms with Crippen LogP contribution in [0.4, 0.5) is 10.6 Å². The molecule has 3 rings (SSSR count). The van der Waals surface area contributed by atoms with E-state index in [1.54, 1.807) is 0 Å². The van der Waals surface area contributed by atoms with Gasteiger partial charge >= 0.3 is 6.09 Å². The van der Waals surface area contributed by atoms with Gasteiger partial charge in [-0.3, -0.25) is 9.89 Å². The molecule has 2 aromatic heterocycles. The number of aryl methyl sites for hydroxylation is 1. The molecule has 2 heterocycles. The Morgan fingerprint density at radius 2 is 2.25 bits per heavy atom. The molecule has 8 nitrogen and oxygen atoms in total. The van der Waals surface area contributed by atoms with Gasteiger partial charge in [0.2, 0.25) is 5.91 Å². The predicted molar refractivity (Wildman–Crippen MR) is 108 cm³/mol. The van der Waals surface area contributed by atoms with E-state index in [9.17, 15) is 9.59 Å². The van der Waals surface area contributed by atoms with E-state index in [0.29, 0.717) is 17.7 Å². The van der Waals surface area contributed by atoms with Crippen molar-refractivity contribution in [2.45, 2.75) is 64.3 Å². The van der Waals surface area contributed by atoms with Gasteiger partial charge in [-0.15, -0.1) is 11.3 Å². The van der Waals surface area contributed by atoms with Crippen molar-refractivity contribution >= 4 is 29.2 Å². The van der Waals surface area contributed by atoms with Crippen molar-refractivity contribution in [1.29, 1.82) is 0 Å². The fraction of sp³-hybridized carbons (Fsp3) is 0.579. The van der Waals surface area contributed by atoms with Crippen LogP contribution >= 0.6 is 11.3 Å². The first-order valence-electron chi connectivity index (χ1n) is 9.68. The van der Waals surface area contributed by atoms with E-state index in [2.05, 4.69) is 25.8 Å². The highest BCUT2D eigenvalue weighted by Gasteiger charge is 2.29. The predicted octanol–water partition coefficient (Wildman–Crippen LogP) is 3.68. The van der Waals surface area contributed by atoms with Crippen LogP contribution < -0.4 is 10.6 Å². The number of nitrogens with one attached hydrogen (secondary N) is 3. The van der Waals surface area contributed by atoms with Crippen molar-refractivity contribution in [2.24, 2.45) is 5.92 Å². The number of carboxylic acid groups (broad SMARTS) is 1. The molecule has 152 valence electrons. The lowest BCUT2D eigenvalue weighted by molar-refractivity contribution is -0.115. The number of H-pyrrole nitrogens is 1. The number of carbonyl (C=O) groups is 2. The van der Waals surface area contributed by atoms with Gasteiger partial charge in [0.25, 0.3) is 0 Å². The molecule has 1 saturated carbocycles. The minimum absolute atomic E-state index is 0.00682. The Labute approximate surface area is 168 Å². The van der Waals surface area contributed by atoms with Crippen LogP contribution in [-0.2, 0) is 11.2 Å². The minimum Gasteiger partial charge on any atom is -0.465 e. The molecule has 3 unspecified atom stereocenters. The average molecular weight is 406 g/mol. The fourth-order valence-electron chi connectivity index (χ4n) is 3.89. The number of anilines is 1. The molecule has 28 heavy (non-hydrogen) atoms. The summed E-state index contributed by atoms with van der Waals surface area (Å²) in [7, 11) is 0. The molecule has 0 bridgehead atoms. The van der Waals surface area contributed by atoms with Crippen LogP contribution in [0.5, 0.6) is 0 Å². The Morgan fingerprint density at radius 3 is 2.93 bits per heavy atom. The zero-order chi connectivity index (χ0) is 20.1. The molecule has 0 saturated heterocycles. The van der Waals surface area contributed by atoms with Gasteiger partial charge in [0, 0.05) is 34.8 Å². The summed E-state index contributed by atoms with van der Waals surface area (Å²) in [6, 6.07) is 1.91. The maximum atomic E-state index is 12.2. The summed E-state index contributed by atoms with van der Waals surface area (Å²) in [5.74, 6) is 1.28. The van der Waals surface area contributed by atoms with E-state index < -0.39 is 6.09 Å². The summed E-state index contributed by atoms with van der Waals surface area (Å²) in [6.07, 6.45) is 4.08. The van der Waals surface area contributed by atoms with E-state index in [0.717, 1.165) is 48.5 Å². The van der Waals surface area contributed by atoms with Gasteiger partial charge < -0.3 is 15.7 Å². The quantitative estimate of drug-likeness (QED) is 0.534. The van der Waals surface area contributed by atoms with Crippen LogP contribution in [0.25, 0.3) is 0 Å². The summed E-state index contributed by atoms with van der Waals surface area (Å²) in [4.78, 5) is 27.3. The molecule has 0 spiro atoms. The van der Waals surface area contributed by atoms with E-state index in [1.165, 1.54) is 11.3 Å². The number of amides is 2. The Bertz CT molecular complexity index is 818. The van der Waals surface area contributed by atoms with Crippen LogP contribution in [-0.4, -0.2) is 38.3 Å². The lowest BCUT2D eigenvalue weighted by Gasteiger charge is -2.19. The van der Waals surface area contributed by atoms with Gasteiger partial charge in [0.15, 0.2) is 5.82 Å². The van der Waals surface area contributed by atoms with Crippen LogP contribution in [0.15, 0.2) is 11.4 Å². The average Bonchev–Trinajstić information content (AvgIpc) is 3.35. The highest BCUT2D eigenvalue weighted by molar-refractivity contribution is 7.09. The highest BCUT2D eigenvalue weighted by Crippen LogP contribution is 2.40. The molecule has 3 atom stereocenters.